The molecule has 1 saturated carbocycles. The Hall–Kier alpha value is -1.95. The normalized spacial score (nSPS) is 21.8. The highest BCUT2D eigenvalue weighted by molar-refractivity contribution is 7.80. The van der Waals surface area contributed by atoms with E-state index in [1.807, 2.05) is 25.1 Å². The molecule has 1 aromatic heterocycles. The molecule has 0 saturated heterocycles. The zero-order chi connectivity index (χ0) is 16.4. The third-order valence-corrected chi connectivity index (χ3v) is 4.86. The quantitative estimate of drug-likeness (QED) is 0.551. The Kier molecular flexibility index (Phi) is 4.61. The van der Waals surface area contributed by atoms with Crippen molar-refractivity contribution in [1.29, 1.82) is 0 Å². The molecule has 1 aliphatic rings. The molecule has 1 aromatic carbocycles. The van der Waals surface area contributed by atoms with Gasteiger partial charge >= 0.3 is 0 Å². The van der Waals surface area contributed by atoms with Crippen molar-refractivity contribution >= 4 is 33.9 Å². The maximum atomic E-state index is 10.1. The van der Waals surface area contributed by atoms with Crippen molar-refractivity contribution in [2.24, 2.45) is 16.1 Å². The second kappa shape index (κ2) is 6.66. The average molecular weight is 330 g/mol. The van der Waals surface area contributed by atoms with Crippen LogP contribution in [0.5, 0.6) is 5.88 Å². The Morgan fingerprint density at radius 1 is 1.35 bits per heavy atom. The Balaban J connectivity index is 1.76. The van der Waals surface area contributed by atoms with E-state index in [4.69, 9.17) is 12.2 Å². The van der Waals surface area contributed by atoms with Gasteiger partial charge in [0.05, 0.1) is 5.52 Å². The zero-order valence-electron chi connectivity index (χ0n) is 13.5. The van der Waals surface area contributed by atoms with Crippen LogP contribution in [0.4, 0.5) is 5.69 Å². The Morgan fingerprint density at radius 3 is 2.91 bits per heavy atom. The van der Waals surface area contributed by atoms with Crippen LogP contribution in [0.2, 0.25) is 0 Å². The third-order valence-electron chi connectivity index (χ3n) is 4.66. The number of nitrogens with one attached hydrogen (secondary N) is 2. The Morgan fingerprint density at radius 2 is 2.13 bits per heavy atom. The van der Waals surface area contributed by atoms with Gasteiger partial charge in [0.2, 0.25) is 11.0 Å². The minimum Gasteiger partial charge on any atom is -0.493 e. The second-order valence-corrected chi connectivity index (χ2v) is 6.72. The number of azo groups is 1. The summed E-state index contributed by atoms with van der Waals surface area (Å²) >= 11 is 5.29. The topological polar surface area (TPSA) is 72.8 Å². The van der Waals surface area contributed by atoms with Crippen molar-refractivity contribution in [1.82, 2.24) is 10.3 Å². The zero-order valence-corrected chi connectivity index (χ0v) is 14.3. The minimum absolute atomic E-state index is 0.0203. The van der Waals surface area contributed by atoms with E-state index in [0.717, 1.165) is 22.9 Å². The molecule has 2 aromatic rings. The van der Waals surface area contributed by atoms with Crippen molar-refractivity contribution in [2.45, 2.75) is 45.6 Å². The van der Waals surface area contributed by atoms with Crippen molar-refractivity contribution in [3.8, 4) is 5.88 Å². The van der Waals surface area contributed by atoms with E-state index >= 15 is 0 Å². The first-order valence-electron chi connectivity index (χ1n) is 8.08. The second-order valence-electron chi connectivity index (χ2n) is 6.34. The van der Waals surface area contributed by atoms with Crippen LogP contribution in [0.1, 0.15) is 38.2 Å². The maximum absolute atomic E-state index is 10.1. The van der Waals surface area contributed by atoms with Gasteiger partial charge < -0.3 is 15.4 Å². The number of fused-ring (bicyclic) bond motifs is 1. The van der Waals surface area contributed by atoms with Gasteiger partial charge in [0.1, 0.15) is 0 Å². The molecule has 1 heterocycles. The predicted octanol–water partition coefficient (Wildman–Crippen LogP) is 4.72. The first-order chi connectivity index (χ1) is 11.1. The number of H-pyrrole nitrogens is 1. The van der Waals surface area contributed by atoms with E-state index in [1.165, 1.54) is 19.3 Å². The highest BCUT2D eigenvalue weighted by atomic mass is 32.1. The summed E-state index contributed by atoms with van der Waals surface area (Å²) in [6, 6.07) is 6.20. The molecular formula is C17H22N4OS. The molecule has 0 bridgehead atoms. The van der Waals surface area contributed by atoms with E-state index in [9.17, 15) is 5.11 Å². The Labute approximate surface area is 141 Å². The standard InChI is InChI=1S/C17H22N4OS/c1-10-6-3-4-9-13(10)18-17(23)21-20-15-12-8-5-7-11(2)14(12)19-16(15)22/h5,7-8,10,13,19,22H,3-4,6,9H2,1-2H3,(H,18,23)/t10-,13+/m1/s1. The van der Waals surface area contributed by atoms with Crippen LogP contribution in [0.3, 0.4) is 0 Å². The molecule has 1 fully saturated rings. The molecule has 3 N–H and O–H groups in total. The summed E-state index contributed by atoms with van der Waals surface area (Å²) in [6.07, 6.45) is 4.86. The van der Waals surface area contributed by atoms with Crippen molar-refractivity contribution in [3.05, 3.63) is 23.8 Å². The molecule has 5 nitrogen and oxygen atoms in total. The number of aryl methyl sites for hydroxylation is 1. The molecule has 122 valence electrons. The number of nitrogens with zero attached hydrogens (tertiary/aromatic N) is 2. The van der Waals surface area contributed by atoms with E-state index < -0.39 is 0 Å². The number of rotatable bonds is 2. The molecule has 23 heavy (non-hydrogen) atoms. The van der Waals surface area contributed by atoms with Crippen LogP contribution in [-0.4, -0.2) is 21.2 Å². The summed E-state index contributed by atoms with van der Waals surface area (Å²) in [4.78, 5) is 2.95. The summed E-state index contributed by atoms with van der Waals surface area (Å²) < 4.78 is 0. The van der Waals surface area contributed by atoms with Gasteiger partial charge in [-0.1, -0.05) is 38.0 Å². The van der Waals surface area contributed by atoms with Gasteiger partial charge in [-0.3, -0.25) is 0 Å². The van der Waals surface area contributed by atoms with Gasteiger partial charge in [-0.15, -0.1) is 10.2 Å². The smallest absolute Gasteiger partial charge is 0.218 e. The number of aromatic hydroxyl groups is 1. The van der Waals surface area contributed by atoms with E-state index in [2.05, 4.69) is 27.5 Å². The number of aromatic nitrogens is 1. The van der Waals surface area contributed by atoms with Crippen LogP contribution < -0.4 is 5.32 Å². The minimum atomic E-state index is 0.0203. The van der Waals surface area contributed by atoms with E-state index in [1.54, 1.807) is 0 Å². The van der Waals surface area contributed by atoms with E-state index in [-0.39, 0.29) is 5.88 Å². The van der Waals surface area contributed by atoms with Crippen molar-refractivity contribution in [2.75, 3.05) is 0 Å². The maximum Gasteiger partial charge on any atom is 0.218 e. The first-order valence-corrected chi connectivity index (χ1v) is 8.49. The molecule has 3 rings (SSSR count). The van der Waals surface area contributed by atoms with Gasteiger partial charge in [0, 0.05) is 11.4 Å². The number of para-hydroxylation sites is 1. The van der Waals surface area contributed by atoms with Crippen LogP contribution in [0.15, 0.2) is 28.4 Å². The predicted molar refractivity (Wildman–Crippen MR) is 96.4 cm³/mol. The monoisotopic (exact) mass is 330 g/mol. The third kappa shape index (κ3) is 3.37. The summed E-state index contributed by atoms with van der Waals surface area (Å²) in [5.41, 5.74) is 2.36. The molecule has 0 unspecified atom stereocenters. The van der Waals surface area contributed by atoms with Gasteiger partial charge in [0.25, 0.3) is 0 Å². The highest BCUT2D eigenvalue weighted by Gasteiger charge is 2.21. The number of aromatic amines is 1. The fraction of sp³-hybridized carbons (Fsp3) is 0.471. The number of hydrogen-bond donors (Lipinski definition) is 3. The summed E-state index contributed by atoms with van der Waals surface area (Å²) in [7, 11) is 0. The molecule has 2 atom stereocenters. The number of benzene rings is 1. The van der Waals surface area contributed by atoms with Crippen LogP contribution >= 0.6 is 12.2 Å². The molecule has 0 amide bonds. The van der Waals surface area contributed by atoms with Gasteiger partial charge in [0.15, 0.2) is 5.69 Å². The lowest BCUT2D eigenvalue weighted by molar-refractivity contribution is 0.309. The lowest BCUT2D eigenvalue weighted by Crippen LogP contribution is -2.39. The molecule has 0 spiro atoms. The van der Waals surface area contributed by atoms with Gasteiger partial charge in [-0.05, 0) is 43.5 Å². The lowest BCUT2D eigenvalue weighted by atomic mass is 9.86. The van der Waals surface area contributed by atoms with Gasteiger partial charge in [-0.2, -0.15) is 0 Å². The SMILES string of the molecule is Cc1cccc2c(N=NC(=S)N[C@H]3CCCC[C@H]3C)c(O)[nH]c12. The van der Waals surface area contributed by atoms with Crippen molar-refractivity contribution < 1.29 is 5.11 Å². The van der Waals surface area contributed by atoms with Crippen LogP contribution in [0.25, 0.3) is 10.9 Å². The largest absolute Gasteiger partial charge is 0.493 e. The summed E-state index contributed by atoms with van der Waals surface area (Å²) in [5, 5.41) is 22.8. The fourth-order valence-corrected chi connectivity index (χ4v) is 3.44. The fourth-order valence-electron chi connectivity index (χ4n) is 3.25. The van der Waals surface area contributed by atoms with Crippen LogP contribution in [-0.2, 0) is 0 Å². The molecular weight excluding hydrogens is 308 g/mol. The number of thiocarbonyl (C=S) groups is 1. The first kappa shape index (κ1) is 15.9. The highest BCUT2D eigenvalue weighted by Crippen LogP contribution is 2.36. The molecule has 1 aliphatic carbocycles. The summed E-state index contributed by atoms with van der Waals surface area (Å²) in [6.45, 7) is 4.22. The lowest BCUT2D eigenvalue weighted by Gasteiger charge is -2.29. The molecule has 6 heteroatoms. The summed E-state index contributed by atoms with van der Waals surface area (Å²) in [5.74, 6) is 0.618. The van der Waals surface area contributed by atoms with Crippen molar-refractivity contribution in [3.63, 3.8) is 0 Å². The Bertz CT molecular complexity index is 752. The number of hydrogen-bond acceptors (Lipinski definition) is 3. The van der Waals surface area contributed by atoms with Gasteiger partial charge in [-0.25, -0.2) is 0 Å². The van der Waals surface area contributed by atoms with E-state index in [0.29, 0.717) is 22.8 Å². The molecule has 0 aliphatic heterocycles. The molecule has 0 radical (unpaired) electrons. The van der Waals surface area contributed by atoms with Crippen LogP contribution in [0, 0.1) is 12.8 Å². The average Bonchev–Trinajstić information content (AvgIpc) is 2.85.